The Kier molecular flexibility index (Phi) is 7.85. The van der Waals surface area contributed by atoms with Crippen LogP contribution in [0.4, 0.5) is 4.79 Å². The van der Waals surface area contributed by atoms with Crippen molar-refractivity contribution in [1.82, 2.24) is 15.5 Å². The quantitative estimate of drug-likeness (QED) is 0.660. The molecule has 9 nitrogen and oxygen atoms in total. The summed E-state index contributed by atoms with van der Waals surface area (Å²) in [5.41, 5.74) is -0.707. The van der Waals surface area contributed by atoms with E-state index in [0.29, 0.717) is 19.5 Å². The molecule has 0 bridgehead atoms. The molecule has 3 amide bonds. The molecule has 2 atom stereocenters. The van der Waals surface area contributed by atoms with Crippen LogP contribution in [0.25, 0.3) is 0 Å². The third-order valence-corrected chi connectivity index (χ3v) is 3.85. The fraction of sp³-hybridized carbons (Fsp3) is 0.765. The summed E-state index contributed by atoms with van der Waals surface area (Å²) in [7, 11) is 1.26. The number of esters is 1. The summed E-state index contributed by atoms with van der Waals surface area (Å²) in [6.45, 7) is 7.62. The topological polar surface area (TPSA) is 114 Å². The Bertz CT molecular complexity index is 543. The number of amides is 3. The number of rotatable bonds is 6. The maximum atomic E-state index is 12.5. The van der Waals surface area contributed by atoms with Crippen molar-refractivity contribution in [3.05, 3.63) is 0 Å². The second kappa shape index (κ2) is 9.40. The van der Waals surface area contributed by atoms with Gasteiger partial charge < -0.3 is 25.0 Å². The standard InChI is InChI=1S/C17H29N3O6/c1-11(21)20-9-8-12(10-20)18-15(23)13(6-7-14(22)25-5)19-16(24)26-17(2,3)4/h12-13H,6-10H2,1-5H3,(H,18,23)(H,19,24)/t12-,13+/m1/s1. The molecule has 0 radical (unpaired) electrons. The lowest BCUT2D eigenvalue weighted by molar-refractivity contribution is -0.141. The van der Waals surface area contributed by atoms with Gasteiger partial charge in [-0.2, -0.15) is 0 Å². The lowest BCUT2D eigenvalue weighted by atomic mass is 10.1. The Morgan fingerprint density at radius 2 is 1.88 bits per heavy atom. The normalized spacial score (nSPS) is 18.0. The van der Waals surface area contributed by atoms with Crippen molar-refractivity contribution in [2.24, 2.45) is 0 Å². The van der Waals surface area contributed by atoms with Crippen LogP contribution in [0.1, 0.15) is 47.0 Å². The van der Waals surface area contributed by atoms with Crippen molar-refractivity contribution in [2.75, 3.05) is 20.2 Å². The molecule has 0 unspecified atom stereocenters. The first-order valence-electron chi connectivity index (χ1n) is 8.64. The van der Waals surface area contributed by atoms with E-state index in [0.717, 1.165) is 0 Å². The molecule has 0 spiro atoms. The fourth-order valence-corrected chi connectivity index (χ4v) is 2.55. The van der Waals surface area contributed by atoms with Gasteiger partial charge in [0.15, 0.2) is 0 Å². The van der Waals surface area contributed by atoms with Gasteiger partial charge in [-0.1, -0.05) is 0 Å². The number of hydrogen-bond acceptors (Lipinski definition) is 6. The van der Waals surface area contributed by atoms with Crippen LogP contribution in [0, 0.1) is 0 Å². The molecule has 1 saturated heterocycles. The van der Waals surface area contributed by atoms with Gasteiger partial charge in [0.05, 0.1) is 7.11 Å². The number of alkyl carbamates (subject to hydrolysis) is 1. The fourth-order valence-electron chi connectivity index (χ4n) is 2.55. The zero-order valence-electron chi connectivity index (χ0n) is 16.1. The van der Waals surface area contributed by atoms with Gasteiger partial charge in [-0.3, -0.25) is 14.4 Å². The Morgan fingerprint density at radius 1 is 1.23 bits per heavy atom. The first kappa shape index (κ1) is 21.7. The summed E-state index contributed by atoms with van der Waals surface area (Å²) in [4.78, 5) is 48.9. The zero-order valence-corrected chi connectivity index (χ0v) is 16.1. The number of hydrogen-bond donors (Lipinski definition) is 2. The summed E-state index contributed by atoms with van der Waals surface area (Å²) in [5, 5.41) is 5.32. The molecule has 1 rings (SSSR count). The monoisotopic (exact) mass is 371 g/mol. The zero-order chi connectivity index (χ0) is 19.9. The maximum Gasteiger partial charge on any atom is 0.408 e. The van der Waals surface area contributed by atoms with Crippen molar-refractivity contribution < 1.29 is 28.7 Å². The Labute approximate surface area is 153 Å². The highest BCUT2D eigenvalue weighted by Gasteiger charge is 2.30. The van der Waals surface area contributed by atoms with E-state index in [1.165, 1.54) is 14.0 Å². The number of ether oxygens (including phenoxy) is 2. The van der Waals surface area contributed by atoms with Crippen LogP contribution in [-0.2, 0) is 23.9 Å². The minimum atomic E-state index is -0.935. The minimum Gasteiger partial charge on any atom is -0.469 e. The summed E-state index contributed by atoms with van der Waals surface area (Å²) >= 11 is 0. The van der Waals surface area contributed by atoms with Gasteiger partial charge in [0.25, 0.3) is 0 Å². The van der Waals surface area contributed by atoms with E-state index in [-0.39, 0.29) is 24.8 Å². The molecule has 0 saturated carbocycles. The van der Waals surface area contributed by atoms with Crippen molar-refractivity contribution >= 4 is 23.9 Å². The SMILES string of the molecule is COC(=O)CC[C@H](NC(=O)OC(C)(C)C)C(=O)N[C@@H]1CCN(C(C)=O)C1. The summed E-state index contributed by atoms with van der Waals surface area (Å²) in [6, 6.07) is -1.12. The maximum absolute atomic E-state index is 12.5. The van der Waals surface area contributed by atoms with E-state index in [4.69, 9.17) is 4.74 Å². The predicted octanol–water partition coefficient (Wildman–Crippen LogP) is 0.570. The largest absolute Gasteiger partial charge is 0.469 e. The highest BCUT2D eigenvalue weighted by atomic mass is 16.6. The van der Waals surface area contributed by atoms with Gasteiger partial charge in [0.2, 0.25) is 11.8 Å². The van der Waals surface area contributed by atoms with Gasteiger partial charge in [-0.05, 0) is 33.6 Å². The van der Waals surface area contributed by atoms with Gasteiger partial charge in [-0.25, -0.2) is 4.79 Å². The van der Waals surface area contributed by atoms with E-state index >= 15 is 0 Å². The lowest BCUT2D eigenvalue weighted by Crippen LogP contribution is -2.51. The molecule has 9 heteroatoms. The Morgan fingerprint density at radius 3 is 2.38 bits per heavy atom. The first-order valence-corrected chi connectivity index (χ1v) is 8.64. The number of nitrogens with zero attached hydrogens (tertiary/aromatic N) is 1. The highest BCUT2D eigenvalue weighted by Crippen LogP contribution is 2.11. The van der Waals surface area contributed by atoms with E-state index < -0.39 is 29.6 Å². The van der Waals surface area contributed by atoms with Crippen LogP contribution in [0.2, 0.25) is 0 Å². The van der Waals surface area contributed by atoms with Crippen LogP contribution in [0.5, 0.6) is 0 Å². The molecular weight excluding hydrogens is 342 g/mol. The van der Waals surface area contributed by atoms with E-state index in [2.05, 4.69) is 15.4 Å². The number of carbonyl (C=O) groups excluding carboxylic acids is 4. The van der Waals surface area contributed by atoms with Crippen molar-refractivity contribution in [2.45, 2.75) is 64.6 Å². The minimum absolute atomic E-state index is 0.0192. The second-order valence-electron chi connectivity index (χ2n) is 7.27. The molecule has 26 heavy (non-hydrogen) atoms. The van der Waals surface area contributed by atoms with E-state index in [9.17, 15) is 19.2 Å². The molecule has 2 N–H and O–H groups in total. The number of carbonyl (C=O) groups is 4. The van der Waals surface area contributed by atoms with Crippen molar-refractivity contribution in [3.63, 3.8) is 0 Å². The van der Waals surface area contributed by atoms with Crippen LogP contribution in [0.3, 0.4) is 0 Å². The molecule has 1 heterocycles. The van der Waals surface area contributed by atoms with Crippen LogP contribution >= 0.6 is 0 Å². The van der Waals surface area contributed by atoms with Gasteiger partial charge in [0, 0.05) is 32.5 Å². The number of nitrogens with one attached hydrogen (secondary N) is 2. The molecule has 148 valence electrons. The molecule has 1 fully saturated rings. The smallest absolute Gasteiger partial charge is 0.408 e. The van der Waals surface area contributed by atoms with E-state index in [1.807, 2.05) is 0 Å². The third kappa shape index (κ3) is 7.71. The van der Waals surface area contributed by atoms with Gasteiger partial charge >= 0.3 is 12.1 Å². The second-order valence-corrected chi connectivity index (χ2v) is 7.27. The van der Waals surface area contributed by atoms with Gasteiger partial charge in [0.1, 0.15) is 11.6 Å². The molecular formula is C17H29N3O6. The molecule has 1 aliphatic heterocycles. The first-order chi connectivity index (χ1) is 12.0. The highest BCUT2D eigenvalue weighted by molar-refractivity contribution is 5.86. The predicted molar refractivity (Wildman–Crippen MR) is 93.2 cm³/mol. The molecule has 1 aliphatic rings. The summed E-state index contributed by atoms with van der Waals surface area (Å²) in [6.07, 6.45) is -0.0314. The molecule has 0 aromatic carbocycles. The molecule has 0 aromatic rings. The average molecular weight is 371 g/mol. The Balaban J connectivity index is 2.67. The summed E-state index contributed by atoms with van der Waals surface area (Å²) in [5.74, 6) is -0.941. The number of likely N-dealkylation sites (tertiary alicyclic amines) is 1. The number of methoxy groups -OCH3 is 1. The van der Waals surface area contributed by atoms with Crippen molar-refractivity contribution in [1.29, 1.82) is 0 Å². The summed E-state index contributed by atoms with van der Waals surface area (Å²) < 4.78 is 9.75. The Hall–Kier alpha value is -2.32. The van der Waals surface area contributed by atoms with Crippen LogP contribution in [0.15, 0.2) is 0 Å². The third-order valence-electron chi connectivity index (χ3n) is 3.85. The average Bonchev–Trinajstić information content (AvgIpc) is 2.97. The van der Waals surface area contributed by atoms with Gasteiger partial charge in [-0.15, -0.1) is 0 Å². The van der Waals surface area contributed by atoms with Crippen LogP contribution < -0.4 is 10.6 Å². The van der Waals surface area contributed by atoms with Crippen LogP contribution in [-0.4, -0.2) is 66.7 Å². The lowest BCUT2D eigenvalue weighted by Gasteiger charge is -2.24. The molecule has 0 aromatic heterocycles. The molecule has 0 aliphatic carbocycles. The van der Waals surface area contributed by atoms with Crippen molar-refractivity contribution in [3.8, 4) is 0 Å². The van der Waals surface area contributed by atoms with E-state index in [1.54, 1.807) is 25.7 Å².